The lowest BCUT2D eigenvalue weighted by Crippen LogP contribution is -2.32. The lowest BCUT2D eigenvalue weighted by Gasteiger charge is -2.16. The molecular weight excluding hydrogens is 328 g/mol. The van der Waals surface area contributed by atoms with Crippen LogP contribution in [0.4, 0.5) is 0 Å². The first-order chi connectivity index (χ1) is 12.6. The van der Waals surface area contributed by atoms with Gasteiger partial charge in [0.1, 0.15) is 12.1 Å². The first-order valence-electron chi connectivity index (χ1n) is 9.02. The Morgan fingerprint density at radius 2 is 2.08 bits per heavy atom. The molecule has 2 heterocycles. The minimum absolute atomic E-state index is 0.0116. The number of nitrogens with zero attached hydrogens (tertiary/aromatic N) is 3. The highest BCUT2D eigenvalue weighted by atomic mass is 16.2. The summed E-state index contributed by atoms with van der Waals surface area (Å²) in [6.07, 6.45) is 6.30. The van der Waals surface area contributed by atoms with Crippen LogP contribution in [0.5, 0.6) is 0 Å². The Hall–Kier alpha value is -2.89. The highest BCUT2D eigenvalue weighted by molar-refractivity contribution is 5.75. The van der Waals surface area contributed by atoms with Gasteiger partial charge in [-0.05, 0) is 30.7 Å². The van der Waals surface area contributed by atoms with Crippen LogP contribution < -0.4 is 10.9 Å². The number of hydrogen-bond acceptors (Lipinski definition) is 3. The van der Waals surface area contributed by atoms with Crippen molar-refractivity contribution in [2.75, 3.05) is 0 Å². The Kier molecular flexibility index (Phi) is 4.32. The number of hydrogen-bond donors (Lipinski definition) is 1. The summed E-state index contributed by atoms with van der Waals surface area (Å²) in [5, 5.41) is 7.41. The monoisotopic (exact) mass is 350 g/mol. The van der Waals surface area contributed by atoms with Crippen LogP contribution in [0.25, 0.3) is 5.52 Å². The molecule has 26 heavy (non-hydrogen) atoms. The van der Waals surface area contributed by atoms with Gasteiger partial charge in [0, 0.05) is 24.5 Å². The molecule has 134 valence electrons. The third kappa shape index (κ3) is 3.14. The SMILES string of the molecule is C[C@@H]1CCc2nn3ccn(CC(=O)NCc4ccccc4)c(=O)c3c2C1. The van der Waals surface area contributed by atoms with Gasteiger partial charge in [0.05, 0.1) is 5.69 Å². The molecule has 0 fully saturated rings. The van der Waals surface area contributed by atoms with Crippen molar-refractivity contribution >= 4 is 11.4 Å². The van der Waals surface area contributed by atoms with Crippen LogP contribution in [0.2, 0.25) is 0 Å². The molecule has 6 nitrogen and oxygen atoms in total. The van der Waals surface area contributed by atoms with Gasteiger partial charge < -0.3 is 9.88 Å². The van der Waals surface area contributed by atoms with Gasteiger partial charge in [-0.25, -0.2) is 4.52 Å². The first kappa shape index (κ1) is 16.6. The van der Waals surface area contributed by atoms with Gasteiger partial charge in [-0.2, -0.15) is 5.10 Å². The fourth-order valence-corrected chi connectivity index (χ4v) is 3.58. The smallest absolute Gasteiger partial charge is 0.277 e. The summed E-state index contributed by atoms with van der Waals surface area (Å²) in [5.41, 5.74) is 3.57. The Bertz CT molecular complexity index is 1000. The number of aromatic nitrogens is 3. The number of nitrogens with one attached hydrogen (secondary N) is 1. The van der Waals surface area contributed by atoms with Crippen molar-refractivity contribution in [2.24, 2.45) is 5.92 Å². The van der Waals surface area contributed by atoms with Crippen molar-refractivity contribution < 1.29 is 4.79 Å². The molecule has 0 saturated carbocycles. The third-order valence-electron chi connectivity index (χ3n) is 5.02. The van der Waals surface area contributed by atoms with Crippen LogP contribution in [0, 0.1) is 5.92 Å². The Labute approximate surface area is 151 Å². The Morgan fingerprint density at radius 3 is 2.88 bits per heavy atom. The van der Waals surface area contributed by atoms with Gasteiger partial charge in [-0.3, -0.25) is 9.59 Å². The standard InChI is InChI=1S/C20H22N4O2/c1-14-7-8-17-16(11-14)19-20(26)23(9-10-24(19)22-17)13-18(25)21-12-15-5-3-2-4-6-15/h2-6,9-10,14H,7-8,11-13H2,1H3,(H,21,25)/t14-/m1/s1. The molecule has 4 rings (SSSR count). The minimum atomic E-state index is -0.179. The van der Waals surface area contributed by atoms with Crippen LogP contribution >= 0.6 is 0 Å². The minimum Gasteiger partial charge on any atom is -0.350 e. The van der Waals surface area contributed by atoms with Crippen molar-refractivity contribution in [3.05, 3.63) is 69.9 Å². The second kappa shape index (κ2) is 6.78. The lowest BCUT2D eigenvalue weighted by atomic mass is 9.88. The summed E-state index contributed by atoms with van der Waals surface area (Å²) in [5.74, 6) is 0.375. The molecule has 0 radical (unpaired) electrons. The average Bonchev–Trinajstić information content (AvgIpc) is 3.01. The third-order valence-corrected chi connectivity index (χ3v) is 5.02. The Morgan fingerprint density at radius 1 is 1.27 bits per heavy atom. The molecular formula is C20H22N4O2. The molecule has 1 aliphatic rings. The van der Waals surface area contributed by atoms with E-state index >= 15 is 0 Å². The van der Waals surface area contributed by atoms with Crippen LogP contribution in [0.15, 0.2) is 47.5 Å². The summed E-state index contributed by atoms with van der Waals surface area (Å²) in [4.78, 5) is 25.2. The van der Waals surface area contributed by atoms with E-state index in [9.17, 15) is 9.59 Å². The van der Waals surface area contributed by atoms with Gasteiger partial charge in [-0.1, -0.05) is 37.3 Å². The fourth-order valence-electron chi connectivity index (χ4n) is 3.58. The molecule has 0 spiro atoms. The van der Waals surface area contributed by atoms with Gasteiger partial charge in [0.25, 0.3) is 5.56 Å². The quantitative estimate of drug-likeness (QED) is 0.782. The van der Waals surface area contributed by atoms with Crippen molar-refractivity contribution in [1.82, 2.24) is 19.5 Å². The lowest BCUT2D eigenvalue weighted by molar-refractivity contribution is -0.121. The topological polar surface area (TPSA) is 68.4 Å². The van der Waals surface area contributed by atoms with Gasteiger partial charge in [-0.15, -0.1) is 0 Å². The number of carbonyl (C=O) groups is 1. The number of aryl methyl sites for hydroxylation is 1. The summed E-state index contributed by atoms with van der Waals surface area (Å²) >= 11 is 0. The molecule has 6 heteroatoms. The average molecular weight is 350 g/mol. The highest BCUT2D eigenvalue weighted by Crippen LogP contribution is 2.26. The number of rotatable bonds is 4. The molecule has 1 amide bonds. The van der Waals surface area contributed by atoms with E-state index in [-0.39, 0.29) is 18.0 Å². The van der Waals surface area contributed by atoms with Crippen LogP contribution in [0.1, 0.15) is 30.2 Å². The molecule has 1 N–H and O–H groups in total. The zero-order valence-electron chi connectivity index (χ0n) is 14.8. The predicted molar refractivity (Wildman–Crippen MR) is 98.9 cm³/mol. The largest absolute Gasteiger partial charge is 0.350 e. The van der Waals surface area contributed by atoms with Crippen molar-refractivity contribution in [3.63, 3.8) is 0 Å². The number of carbonyl (C=O) groups excluding carboxylic acids is 1. The van der Waals surface area contributed by atoms with E-state index in [1.807, 2.05) is 30.3 Å². The van der Waals surface area contributed by atoms with E-state index in [1.165, 1.54) is 4.57 Å². The maximum absolute atomic E-state index is 12.9. The Balaban J connectivity index is 1.55. The fraction of sp³-hybridized carbons (Fsp3) is 0.350. The van der Waals surface area contributed by atoms with Crippen molar-refractivity contribution in [3.8, 4) is 0 Å². The maximum atomic E-state index is 12.9. The van der Waals surface area contributed by atoms with Crippen molar-refractivity contribution in [2.45, 2.75) is 39.3 Å². The molecule has 0 unspecified atom stereocenters. The zero-order chi connectivity index (χ0) is 18.1. The molecule has 0 bridgehead atoms. The maximum Gasteiger partial charge on any atom is 0.277 e. The van der Waals surface area contributed by atoms with Crippen LogP contribution in [0.3, 0.4) is 0 Å². The van der Waals surface area contributed by atoms with Crippen LogP contribution in [-0.4, -0.2) is 20.1 Å². The van der Waals surface area contributed by atoms with E-state index < -0.39 is 0 Å². The summed E-state index contributed by atoms with van der Waals surface area (Å²) in [6, 6.07) is 9.72. The molecule has 1 atom stereocenters. The van der Waals surface area contributed by atoms with E-state index in [0.717, 1.165) is 36.1 Å². The highest BCUT2D eigenvalue weighted by Gasteiger charge is 2.23. The molecule has 3 aromatic rings. The summed E-state index contributed by atoms with van der Waals surface area (Å²) in [7, 11) is 0. The summed E-state index contributed by atoms with van der Waals surface area (Å²) in [6.45, 7) is 2.67. The number of benzene rings is 1. The molecule has 1 aromatic carbocycles. The second-order valence-corrected chi connectivity index (χ2v) is 7.06. The number of fused-ring (bicyclic) bond motifs is 3. The van der Waals surface area contributed by atoms with E-state index in [4.69, 9.17) is 0 Å². The number of amides is 1. The normalized spacial score (nSPS) is 16.4. The van der Waals surface area contributed by atoms with E-state index in [0.29, 0.717) is 18.0 Å². The first-order valence-corrected chi connectivity index (χ1v) is 9.02. The zero-order valence-corrected chi connectivity index (χ0v) is 14.8. The molecule has 2 aromatic heterocycles. The van der Waals surface area contributed by atoms with Gasteiger partial charge in [0.2, 0.25) is 5.91 Å². The van der Waals surface area contributed by atoms with Gasteiger partial charge >= 0.3 is 0 Å². The second-order valence-electron chi connectivity index (χ2n) is 7.06. The van der Waals surface area contributed by atoms with Crippen LogP contribution in [-0.2, 0) is 30.7 Å². The van der Waals surface area contributed by atoms with E-state index in [1.54, 1.807) is 16.9 Å². The van der Waals surface area contributed by atoms with Gasteiger partial charge in [0.15, 0.2) is 0 Å². The molecule has 0 saturated heterocycles. The molecule has 0 aliphatic heterocycles. The predicted octanol–water partition coefficient (Wildman–Crippen LogP) is 1.94. The van der Waals surface area contributed by atoms with Crippen molar-refractivity contribution in [1.29, 1.82) is 0 Å². The molecule has 1 aliphatic carbocycles. The van der Waals surface area contributed by atoms with E-state index in [2.05, 4.69) is 17.3 Å². The summed E-state index contributed by atoms with van der Waals surface area (Å²) < 4.78 is 3.14.